The van der Waals surface area contributed by atoms with Crippen molar-refractivity contribution in [1.82, 2.24) is 9.97 Å². The van der Waals surface area contributed by atoms with E-state index in [0.717, 1.165) is 29.8 Å². The van der Waals surface area contributed by atoms with Gasteiger partial charge in [-0.25, -0.2) is 0 Å². The first-order valence-corrected chi connectivity index (χ1v) is 17.3. The Morgan fingerprint density at radius 1 is 0.571 bits per heavy atom. The number of halogens is 8. The number of phenolic OH excluding ortho intramolecular Hbond substituents is 3. The van der Waals surface area contributed by atoms with Crippen LogP contribution >= 0.6 is 23.2 Å². The number of aromatic amines is 2. The Balaban J connectivity index is 0.000000198. The third-order valence-corrected chi connectivity index (χ3v) is 9.55. The van der Waals surface area contributed by atoms with Gasteiger partial charge in [-0.15, -0.1) is 0 Å². The van der Waals surface area contributed by atoms with E-state index in [1.165, 1.54) is 67.6 Å². The van der Waals surface area contributed by atoms with Crippen molar-refractivity contribution in [2.75, 3.05) is 0 Å². The number of hydrogen-bond donors (Lipinski definition) is 5. The van der Waals surface area contributed by atoms with Crippen molar-refractivity contribution in [1.29, 1.82) is 0 Å². The Kier molecular flexibility index (Phi) is 10.9. The summed E-state index contributed by atoms with van der Waals surface area (Å²) >= 11 is 12.0. The summed E-state index contributed by atoms with van der Waals surface area (Å²) in [4.78, 5) is 30.3. The highest BCUT2D eigenvalue weighted by Gasteiger charge is 2.32. The highest BCUT2D eigenvalue weighted by molar-refractivity contribution is 6.31. The fraction of sp³-hybridized carbons (Fsp3) is 0.122. The molecule has 5 N–H and O–H groups in total. The van der Waals surface area contributed by atoms with Crippen molar-refractivity contribution in [3.8, 4) is 39.5 Å². The molecule has 0 aliphatic carbocycles. The predicted molar refractivity (Wildman–Crippen MR) is 204 cm³/mol. The summed E-state index contributed by atoms with van der Waals surface area (Å²) in [5.41, 5.74) is -0.124. The number of aryl methyl sites for hydroxylation is 1. The van der Waals surface area contributed by atoms with Crippen molar-refractivity contribution in [3.05, 3.63) is 156 Å². The lowest BCUT2D eigenvalue weighted by Gasteiger charge is -2.16. The number of alkyl halides is 6. The van der Waals surface area contributed by atoms with E-state index in [-0.39, 0.29) is 83.9 Å². The summed E-state index contributed by atoms with van der Waals surface area (Å²) < 4.78 is 79.3. The quantitative estimate of drug-likeness (QED) is 0.111. The molecule has 15 heteroatoms. The third kappa shape index (κ3) is 8.33. The molecule has 0 unspecified atom stereocenters. The number of aromatic nitrogens is 2. The molecule has 7 rings (SSSR count). The SMILES string of the molecule is Cc1c(-c2cc(Cl)ccc2O)c2cc(C(F)(F)F)ccc2[nH]c1=O.O=c1[nH]c2ccc(C(F)(F)F)cc2c(-c2cc(Cl)ccc2O)c1CCc1ccc(O)cc1. The minimum atomic E-state index is -4.58. The first-order chi connectivity index (χ1) is 26.3. The molecule has 288 valence electrons. The maximum atomic E-state index is 13.4. The molecule has 0 aliphatic heterocycles. The molecule has 0 bridgehead atoms. The molecule has 0 atom stereocenters. The van der Waals surface area contributed by atoms with E-state index in [2.05, 4.69) is 9.97 Å². The first-order valence-electron chi connectivity index (χ1n) is 16.6. The van der Waals surface area contributed by atoms with Gasteiger partial charge in [0.2, 0.25) is 0 Å². The standard InChI is InChI=1S/C24H17ClF3NO3.C17H11ClF3NO2/c25-15-5-10-21(31)19(12-15)22-17(8-3-13-1-6-16(30)7-2-13)23(32)29-20-9-4-14(11-18(20)22)24(26,27)28;1-8-15(12-7-10(18)3-5-14(12)23)11-6-9(17(19,20)21)2-4-13(11)22-16(8)24/h1-2,4-7,9-12,30-31H,3,8H2,(H,29,32);2-7,23H,1H3,(H,22,24). The second-order valence-electron chi connectivity index (χ2n) is 12.8. The molecule has 2 aromatic heterocycles. The lowest BCUT2D eigenvalue weighted by molar-refractivity contribution is -0.138. The normalized spacial score (nSPS) is 11.8. The summed E-state index contributed by atoms with van der Waals surface area (Å²) in [5.74, 6) is -0.280. The fourth-order valence-electron chi connectivity index (χ4n) is 6.32. The highest BCUT2D eigenvalue weighted by Crippen LogP contribution is 2.41. The largest absolute Gasteiger partial charge is 0.508 e. The Labute approximate surface area is 323 Å². The average molecular weight is 814 g/mol. The van der Waals surface area contributed by atoms with Crippen LogP contribution in [0.5, 0.6) is 17.2 Å². The van der Waals surface area contributed by atoms with Crippen LogP contribution in [0.25, 0.3) is 44.1 Å². The lowest BCUT2D eigenvalue weighted by Crippen LogP contribution is -2.16. The molecule has 0 radical (unpaired) electrons. The lowest BCUT2D eigenvalue weighted by atomic mass is 9.91. The summed E-state index contributed by atoms with van der Waals surface area (Å²) in [5, 5.41) is 30.9. The average Bonchev–Trinajstić information content (AvgIpc) is 3.13. The molecule has 7 aromatic rings. The van der Waals surface area contributed by atoms with Crippen LogP contribution in [0.15, 0.2) is 107 Å². The molecule has 0 fully saturated rings. The molecule has 5 aromatic carbocycles. The molecule has 0 amide bonds. The monoisotopic (exact) mass is 812 g/mol. The van der Waals surface area contributed by atoms with Crippen molar-refractivity contribution in [2.45, 2.75) is 32.1 Å². The Hall–Kier alpha value is -5.92. The number of phenols is 3. The van der Waals surface area contributed by atoms with Gasteiger partial charge in [-0.2, -0.15) is 26.3 Å². The van der Waals surface area contributed by atoms with Gasteiger partial charge < -0.3 is 25.3 Å². The van der Waals surface area contributed by atoms with Crippen LogP contribution in [0.4, 0.5) is 26.3 Å². The van der Waals surface area contributed by atoms with Gasteiger partial charge in [0.25, 0.3) is 11.1 Å². The number of rotatable bonds is 5. The Morgan fingerprint density at radius 3 is 1.54 bits per heavy atom. The van der Waals surface area contributed by atoms with E-state index in [9.17, 15) is 51.3 Å². The molecule has 0 aliphatic rings. The van der Waals surface area contributed by atoms with E-state index in [0.29, 0.717) is 11.4 Å². The maximum absolute atomic E-state index is 13.4. The maximum Gasteiger partial charge on any atom is 0.416 e. The van der Waals surface area contributed by atoms with Crippen molar-refractivity contribution in [3.63, 3.8) is 0 Å². The molecular weight excluding hydrogens is 785 g/mol. The van der Waals surface area contributed by atoms with E-state index >= 15 is 0 Å². The van der Waals surface area contributed by atoms with Gasteiger partial charge in [0.15, 0.2) is 0 Å². The number of benzene rings is 5. The van der Waals surface area contributed by atoms with Crippen molar-refractivity contribution in [2.24, 2.45) is 0 Å². The van der Waals surface area contributed by atoms with E-state index in [1.54, 1.807) is 12.1 Å². The number of hydrogen-bond acceptors (Lipinski definition) is 5. The van der Waals surface area contributed by atoms with Gasteiger partial charge >= 0.3 is 12.4 Å². The van der Waals surface area contributed by atoms with E-state index in [4.69, 9.17) is 23.2 Å². The van der Waals surface area contributed by atoms with Gasteiger partial charge in [-0.3, -0.25) is 9.59 Å². The number of fused-ring (bicyclic) bond motifs is 2. The third-order valence-electron chi connectivity index (χ3n) is 9.08. The summed E-state index contributed by atoms with van der Waals surface area (Å²) in [6.45, 7) is 1.48. The van der Waals surface area contributed by atoms with Gasteiger partial charge in [0.05, 0.1) is 11.1 Å². The minimum absolute atomic E-state index is 0.0986. The predicted octanol–water partition coefficient (Wildman–Crippen LogP) is 10.9. The van der Waals surface area contributed by atoms with Crippen molar-refractivity contribution >= 4 is 45.0 Å². The number of nitrogens with one attached hydrogen (secondary N) is 2. The summed E-state index contributed by atoms with van der Waals surface area (Å²) in [6, 6.07) is 20.9. The fourth-order valence-corrected chi connectivity index (χ4v) is 6.66. The number of pyridine rings is 2. The zero-order valence-electron chi connectivity index (χ0n) is 28.8. The zero-order chi connectivity index (χ0) is 40.7. The second-order valence-corrected chi connectivity index (χ2v) is 13.6. The van der Waals surface area contributed by atoms with Gasteiger partial charge in [-0.05, 0) is 110 Å². The summed E-state index contributed by atoms with van der Waals surface area (Å²) in [7, 11) is 0. The number of aromatic hydroxyl groups is 3. The molecule has 0 spiro atoms. The van der Waals surface area contributed by atoms with Crippen LogP contribution in [0.3, 0.4) is 0 Å². The van der Waals surface area contributed by atoms with Crippen LogP contribution in [0.2, 0.25) is 10.0 Å². The molecule has 0 saturated carbocycles. The Bertz CT molecular complexity index is 2740. The van der Waals surface area contributed by atoms with Crippen LogP contribution in [0.1, 0.15) is 27.8 Å². The molecular formula is C41H28Cl2F6N2O5. The van der Waals surface area contributed by atoms with Gasteiger partial charge in [0, 0.05) is 65.2 Å². The van der Waals surface area contributed by atoms with E-state index in [1.807, 2.05) is 0 Å². The first kappa shape index (κ1) is 39.8. The molecule has 0 saturated heterocycles. The molecule has 2 heterocycles. The topological polar surface area (TPSA) is 126 Å². The van der Waals surface area contributed by atoms with E-state index < -0.39 is 34.6 Å². The molecule has 56 heavy (non-hydrogen) atoms. The van der Waals surface area contributed by atoms with Crippen LogP contribution in [0, 0.1) is 6.92 Å². The second kappa shape index (κ2) is 15.3. The van der Waals surface area contributed by atoms with Gasteiger partial charge in [0.1, 0.15) is 17.2 Å². The van der Waals surface area contributed by atoms with Crippen LogP contribution < -0.4 is 11.1 Å². The number of H-pyrrole nitrogens is 2. The Morgan fingerprint density at radius 2 is 1.04 bits per heavy atom. The molecule has 7 nitrogen and oxygen atoms in total. The van der Waals surface area contributed by atoms with Crippen LogP contribution in [-0.4, -0.2) is 25.3 Å². The summed E-state index contributed by atoms with van der Waals surface area (Å²) in [6.07, 6.45) is -8.52. The zero-order valence-corrected chi connectivity index (χ0v) is 30.3. The van der Waals surface area contributed by atoms with Crippen molar-refractivity contribution < 1.29 is 41.7 Å². The van der Waals surface area contributed by atoms with Crippen LogP contribution in [-0.2, 0) is 25.2 Å². The smallest absolute Gasteiger partial charge is 0.416 e. The van der Waals surface area contributed by atoms with Gasteiger partial charge in [-0.1, -0.05) is 35.3 Å². The highest BCUT2D eigenvalue weighted by atomic mass is 35.5. The minimum Gasteiger partial charge on any atom is -0.508 e.